The number of furan rings is 1. The second-order valence-electron chi connectivity index (χ2n) is 4.18. The predicted octanol–water partition coefficient (Wildman–Crippen LogP) is 2.43. The van der Waals surface area contributed by atoms with Crippen molar-refractivity contribution in [1.82, 2.24) is 5.32 Å². The number of unbranched alkanes of at least 4 members (excludes halogenated alkanes) is 4. The summed E-state index contributed by atoms with van der Waals surface area (Å²) in [5, 5.41) is 11.3. The number of carboxylic acid groups (broad SMARTS) is 1. The Morgan fingerprint density at radius 2 is 1.89 bits per heavy atom. The van der Waals surface area contributed by atoms with Crippen molar-refractivity contribution in [3.63, 3.8) is 0 Å². The smallest absolute Gasteiger partial charge is 0.303 e. The molecule has 0 atom stereocenters. The maximum absolute atomic E-state index is 11.5. The Labute approximate surface area is 106 Å². The van der Waals surface area contributed by atoms with Crippen LogP contribution in [0.1, 0.15) is 48.9 Å². The van der Waals surface area contributed by atoms with E-state index in [9.17, 15) is 9.59 Å². The van der Waals surface area contributed by atoms with Gasteiger partial charge in [0.15, 0.2) is 0 Å². The first-order chi connectivity index (χ1) is 8.70. The highest BCUT2D eigenvalue weighted by Gasteiger charge is 2.04. The molecule has 1 heterocycles. The van der Waals surface area contributed by atoms with E-state index in [-0.39, 0.29) is 12.3 Å². The van der Waals surface area contributed by atoms with E-state index >= 15 is 0 Å². The molecule has 1 amide bonds. The van der Waals surface area contributed by atoms with Gasteiger partial charge >= 0.3 is 5.97 Å². The highest BCUT2D eigenvalue weighted by atomic mass is 16.4. The van der Waals surface area contributed by atoms with Gasteiger partial charge in [-0.05, 0) is 18.9 Å². The third-order valence-electron chi connectivity index (χ3n) is 2.64. The molecule has 100 valence electrons. The third kappa shape index (κ3) is 6.08. The molecule has 1 aromatic rings. The van der Waals surface area contributed by atoms with Gasteiger partial charge in [-0.15, -0.1) is 0 Å². The van der Waals surface area contributed by atoms with Crippen LogP contribution in [-0.2, 0) is 4.79 Å². The summed E-state index contributed by atoms with van der Waals surface area (Å²) in [7, 11) is 0. The maximum atomic E-state index is 11.5. The van der Waals surface area contributed by atoms with E-state index in [1.807, 2.05) is 0 Å². The Morgan fingerprint density at radius 1 is 1.17 bits per heavy atom. The molecule has 1 rings (SSSR count). The summed E-state index contributed by atoms with van der Waals surface area (Å²) < 4.78 is 4.82. The van der Waals surface area contributed by atoms with Gasteiger partial charge in [0.1, 0.15) is 6.26 Å². The standard InChI is InChI=1S/C13H19NO4/c15-12(16)6-4-2-1-3-5-8-14-13(17)11-7-9-18-10-11/h7,9-10H,1-6,8H2,(H,14,17)(H,15,16). The number of carbonyl (C=O) groups is 2. The van der Waals surface area contributed by atoms with Gasteiger partial charge in [-0.25, -0.2) is 0 Å². The molecule has 18 heavy (non-hydrogen) atoms. The van der Waals surface area contributed by atoms with Crippen LogP contribution in [0.5, 0.6) is 0 Å². The average molecular weight is 253 g/mol. The number of nitrogens with one attached hydrogen (secondary N) is 1. The summed E-state index contributed by atoms with van der Waals surface area (Å²) in [5.41, 5.74) is 0.538. The topological polar surface area (TPSA) is 79.5 Å². The molecule has 5 heteroatoms. The van der Waals surface area contributed by atoms with Crippen LogP contribution in [0.3, 0.4) is 0 Å². The van der Waals surface area contributed by atoms with Crippen molar-refractivity contribution in [1.29, 1.82) is 0 Å². The molecule has 0 bridgehead atoms. The zero-order valence-electron chi connectivity index (χ0n) is 10.4. The van der Waals surface area contributed by atoms with Crippen LogP contribution in [0.2, 0.25) is 0 Å². The first-order valence-electron chi connectivity index (χ1n) is 6.22. The van der Waals surface area contributed by atoms with Crippen LogP contribution in [0.4, 0.5) is 0 Å². The first-order valence-corrected chi connectivity index (χ1v) is 6.22. The zero-order valence-corrected chi connectivity index (χ0v) is 10.4. The second-order valence-corrected chi connectivity index (χ2v) is 4.18. The first kappa shape index (κ1) is 14.3. The van der Waals surface area contributed by atoms with E-state index in [0.717, 1.165) is 32.1 Å². The Hall–Kier alpha value is -1.78. The van der Waals surface area contributed by atoms with E-state index in [4.69, 9.17) is 9.52 Å². The molecule has 0 unspecified atom stereocenters. The molecule has 0 aliphatic rings. The lowest BCUT2D eigenvalue weighted by molar-refractivity contribution is -0.137. The minimum absolute atomic E-state index is 0.116. The van der Waals surface area contributed by atoms with Gasteiger partial charge in [-0.2, -0.15) is 0 Å². The van der Waals surface area contributed by atoms with E-state index in [0.29, 0.717) is 12.1 Å². The molecule has 0 aliphatic heterocycles. The summed E-state index contributed by atoms with van der Waals surface area (Å²) in [6, 6.07) is 1.63. The number of aliphatic carboxylic acids is 1. The molecule has 0 radical (unpaired) electrons. The average Bonchev–Trinajstić information content (AvgIpc) is 2.85. The van der Waals surface area contributed by atoms with E-state index < -0.39 is 5.97 Å². The Morgan fingerprint density at radius 3 is 2.56 bits per heavy atom. The fraction of sp³-hybridized carbons (Fsp3) is 0.538. The van der Waals surface area contributed by atoms with Gasteiger partial charge in [0.2, 0.25) is 0 Å². The second kappa shape index (κ2) is 8.33. The molecule has 0 aliphatic carbocycles. The van der Waals surface area contributed by atoms with Crippen LogP contribution in [-0.4, -0.2) is 23.5 Å². The lowest BCUT2D eigenvalue weighted by atomic mass is 10.1. The number of rotatable bonds is 9. The molecule has 0 aromatic carbocycles. The van der Waals surface area contributed by atoms with Crippen LogP contribution in [0.25, 0.3) is 0 Å². The fourth-order valence-electron chi connectivity index (χ4n) is 1.63. The van der Waals surface area contributed by atoms with Crippen LogP contribution < -0.4 is 5.32 Å². The molecule has 0 saturated carbocycles. The van der Waals surface area contributed by atoms with Crippen molar-refractivity contribution in [2.45, 2.75) is 38.5 Å². The summed E-state index contributed by atoms with van der Waals surface area (Å²) in [6.45, 7) is 0.642. The van der Waals surface area contributed by atoms with E-state index in [1.165, 1.54) is 12.5 Å². The van der Waals surface area contributed by atoms with Crippen molar-refractivity contribution in [2.75, 3.05) is 6.54 Å². The molecule has 0 fully saturated rings. The van der Waals surface area contributed by atoms with Crippen molar-refractivity contribution in [3.8, 4) is 0 Å². The number of carboxylic acids is 1. The Kier molecular flexibility index (Phi) is 6.61. The summed E-state index contributed by atoms with van der Waals surface area (Å²) in [6.07, 6.45) is 7.73. The van der Waals surface area contributed by atoms with E-state index in [1.54, 1.807) is 6.07 Å². The molecule has 5 nitrogen and oxygen atoms in total. The Bertz CT molecular complexity index is 359. The highest BCUT2D eigenvalue weighted by molar-refractivity contribution is 5.93. The van der Waals surface area contributed by atoms with Gasteiger partial charge in [0.25, 0.3) is 5.91 Å². The zero-order chi connectivity index (χ0) is 13.2. The van der Waals surface area contributed by atoms with Gasteiger partial charge in [0, 0.05) is 13.0 Å². The monoisotopic (exact) mass is 253 g/mol. The molecule has 2 N–H and O–H groups in total. The van der Waals surface area contributed by atoms with Gasteiger partial charge in [-0.1, -0.05) is 19.3 Å². The lowest BCUT2D eigenvalue weighted by Crippen LogP contribution is -2.23. The largest absolute Gasteiger partial charge is 0.481 e. The fourth-order valence-corrected chi connectivity index (χ4v) is 1.63. The Balaban J connectivity index is 1.93. The summed E-state index contributed by atoms with van der Waals surface area (Å²) in [5.74, 6) is -0.850. The van der Waals surface area contributed by atoms with Crippen molar-refractivity contribution < 1.29 is 19.1 Å². The molecule has 0 saturated heterocycles. The van der Waals surface area contributed by atoms with E-state index in [2.05, 4.69) is 5.32 Å². The molecular weight excluding hydrogens is 234 g/mol. The number of amides is 1. The predicted molar refractivity (Wildman–Crippen MR) is 66.4 cm³/mol. The minimum Gasteiger partial charge on any atom is -0.481 e. The summed E-state index contributed by atoms with van der Waals surface area (Å²) >= 11 is 0. The maximum Gasteiger partial charge on any atom is 0.303 e. The molecule has 1 aromatic heterocycles. The van der Waals surface area contributed by atoms with Gasteiger partial charge in [0.05, 0.1) is 11.8 Å². The quantitative estimate of drug-likeness (QED) is 0.662. The normalized spacial score (nSPS) is 10.2. The number of carbonyl (C=O) groups excluding carboxylic acids is 1. The van der Waals surface area contributed by atoms with Crippen LogP contribution in [0.15, 0.2) is 23.0 Å². The highest BCUT2D eigenvalue weighted by Crippen LogP contribution is 2.05. The summed E-state index contributed by atoms with van der Waals surface area (Å²) in [4.78, 5) is 21.7. The minimum atomic E-state index is -0.734. The molecule has 0 spiro atoms. The lowest BCUT2D eigenvalue weighted by Gasteiger charge is -2.03. The van der Waals surface area contributed by atoms with Gasteiger partial charge in [-0.3, -0.25) is 9.59 Å². The van der Waals surface area contributed by atoms with Crippen molar-refractivity contribution in [3.05, 3.63) is 24.2 Å². The van der Waals surface area contributed by atoms with Gasteiger partial charge < -0.3 is 14.8 Å². The number of hydrogen-bond acceptors (Lipinski definition) is 3. The molecular formula is C13H19NO4. The number of hydrogen-bond donors (Lipinski definition) is 2. The van der Waals surface area contributed by atoms with Crippen LogP contribution >= 0.6 is 0 Å². The van der Waals surface area contributed by atoms with Crippen LogP contribution in [0, 0.1) is 0 Å². The van der Waals surface area contributed by atoms with Crippen molar-refractivity contribution in [2.24, 2.45) is 0 Å². The third-order valence-corrected chi connectivity index (χ3v) is 2.64. The SMILES string of the molecule is O=C(O)CCCCCCCNC(=O)c1ccoc1. The van der Waals surface area contributed by atoms with Crippen molar-refractivity contribution >= 4 is 11.9 Å².